The summed E-state index contributed by atoms with van der Waals surface area (Å²) in [6, 6.07) is 0. The molecule has 0 amide bonds. The van der Waals surface area contributed by atoms with E-state index >= 15 is 0 Å². The maximum absolute atomic E-state index is 12.2. The summed E-state index contributed by atoms with van der Waals surface area (Å²) in [6.07, 6.45) is 27.4. The molecule has 8 nitrogen and oxygen atoms in total. The van der Waals surface area contributed by atoms with Gasteiger partial charge in [-0.3, -0.25) is 13.8 Å². The van der Waals surface area contributed by atoms with E-state index in [-0.39, 0.29) is 32.3 Å². The zero-order valence-electron chi connectivity index (χ0n) is 26.8. The van der Waals surface area contributed by atoms with Gasteiger partial charge in [-0.2, -0.15) is 0 Å². The van der Waals surface area contributed by atoms with Gasteiger partial charge < -0.3 is 20.1 Å². The molecule has 246 valence electrons. The Morgan fingerprint density at radius 2 is 1.07 bits per heavy atom. The Labute approximate surface area is 252 Å². The summed E-state index contributed by atoms with van der Waals surface area (Å²) in [7, 11) is -4.24. The van der Waals surface area contributed by atoms with Crippen molar-refractivity contribution < 1.29 is 32.8 Å². The van der Waals surface area contributed by atoms with Crippen LogP contribution >= 0.6 is 7.82 Å². The van der Waals surface area contributed by atoms with Crippen LogP contribution in [0.15, 0.2) is 0 Å². The number of carbonyl (C=O) groups is 1. The number of phosphoric ester groups is 1. The second-order valence-electron chi connectivity index (χ2n) is 11.4. The summed E-state index contributed by atoms with van der Waals surface area (Å²) >= 11 is 0. The third-order valence-corrected chi connectivity index (χ3v) is 8.26. The first-order valence-electron chi connectivity index (χ1n) is 17.0. The van der Waals surface area contributed by atoms with Gasteiger partial charge in [0.05, 0.1) is 19.8 Å². The highest BCUT2D eigenvalue weighted by atomic mass is 31.2. The fourth-order valence-corrected chi connectivity index (χ4v) is 5.53. The highest BCUT2D eigenvalue weighted by Gasteiger charge is 2.25. The van der Waals surface area contributed by atoms with Gasteiger partial charge in [-0.05, 0) is 12.8 Å². The number of esters is 1. The van der Waals surface area contributed by atoms with E-state index in [0.29, 0.717) is 13.0 Å². The summed E-state index contributed by atoms with van der Waals surface area (Å²) in [5, 5.41) is 0. The van der Waals surface area contributed by atoms with E-state index < -0.39 is 13.9 Å². The molecule has 0 aliphatic rings. The standard InChI is InChI=1S/C32H66NO7P/c1-3-5-7-9-10-11-12-13-14-15-16-17-18-19-20-21-22-24-27-37-29-31(30-39-41(35,36)38-28-26-33)40-32(34)25-23-8-6-4-2/h31H,3-30,33H2,1-2H3,(H,35,36). The molecule has 0 bridgehead atoms. The average Bonchev–Trinajstić information content (AvgIpc) is 2.96. The minimum atomic E-state index is -4.24. The van der Waals surface area contributed by atoms with Crippen molar-refractivity contribution in [3.05, 3.63) is 0 Å². The predicted molar refractivity (Wildman–Crippen MR) is 169 cm³/mol. The second-order valence-corrected chi connectivity index (χ2v) is 12.8. The summed E-state index contributed by atoms with van der Waals surface area (Å²) in [5.41, 5.74) is 5.31. The fraction of sp³-hybridized carbons (Fsp3) is 0.969. The lowest BCUT2D eigenvalue weighted by Gasteiger charge is -2.20. The second kappa shape index (κ2) is 30.9. The number of ether oxygens (including phenoxy) is 2. The van der Waals surface area contributed by atoms with Crippen molar-refractivity contribution >= 4 is 13.8 Å². The molecule has 2 unspecified atom stereocenters. The van der Waals surface area contributed by atoms with Crippen molar-refractivity contribution in [1.82, 2.24) is 0 Å². The molecule has 0 spiro atoms. The van der Waals surface area contributed by atoms with Crippen molar-refractivity contribution in [1.29, 1.82) is 0 Å². The third-order valence-electron chi connectivity index (χ3n) is 7.27. The SMILES string of the molecule is CCCCCCCCCCCCCCCCCCCCOCC(COP(=O)(O)OCCN)OC(=O)CCCCCC. The third kappa shape index (κ3) is 30.8. The van der Waals surface area contributed by atoms with Gasteiger partial charge in [0.15, 0.2) is 0 Å². The number of hydrogen-bond acceptors (Lipinski definition) is 7. The molecule has 0 aliphatic carbocycles. The van der Waals surface area contributed by atoms with Crippen molar-refractivity contribution in [3.8, 4) is 0 Å². The number of carbonyl (C=O) groups excluding carboxylic acids is 1. The lowest BCUT2D eigenvalue weighted by atomic mass is 10.0. The molecular formula is C32H66NO7P. The van der Waals surface area contributed by atoms with E-state index in [2.05, 4.69) is 13.8 Å². The molecule has 0 fully saturated rings. The zero-order valence-corrected chi connectivity index (χ0v) is 27.7. The topological polar surface area (TPSA) is 117 Å². The van der Waals surface area contributed by atoms with Gasteiger partial charge in [0.1, 0.15) is 6.10 Å². The molecule has 2 atom stereocenters. The monoisotopic (exact) mass is 607 g/mol. The molecule has 0 aliphatic heterocycles. The summed E-state index contributed by atoms with van der Waals surface area (Å²) in [5.74, 6) is -0.345. The molecule has 0 radical (unpaired) electrons. The normalized spacial score (nSPS) is 13.8. The van der Waals surface area contributed by atoms with Crippen LogP contribution < -0.4 is 5.73 Å². The maximum Gasteiger partial charge on any atom is 0.472 e. The van der Waals surface area contributed by atoms with Crippen LogP contribution in [-0.2, 0) is 27.9 Å². The van der Waals surface area contributed by atoms with Crippen LogP contribution in [0.25, 0.3) is 0 Å². The van der Waals surface area contributed by atoms with Crippen molar-refractivity contribution in [2.24, 2.45) is 5.73 Å². The van der Waals surface area contributed by atoms with Gasteiger partial charge in [-0.25, -0.2) is 4.57 Å². The van der Waals surface area contributed by atoms with E-state index in [1.54, 1.807) is 0 Å². The van der Waals surface area contributed by atoms with E-state index in [1.165, 1.54) is 103 Å². The highest BCUT2D eigenvalue weighted by Crippen LogP contribution is 2.43. The van der Waals surface area contributed by atoms with Crippen molar-refractivity contribution in [3.63, 3.8) is 0 Å². The van der Waals surface area contributed by atoms with Crippen LogP contribution in [0.3, 0.4) is 0 Å². The molecule has 3 N–H and O–H groups in total. The quantitative estimate of drug-likeness (QED) is 0.0431. The van der Waals surface area contributed by atoms with Gasteiger partial charge in [0.2, 0.25) is 0 Å². The Morgan fingerprint density at radius 1 is 0.634 bits per heavy atom. The van der Waals surface area contributed by atoms with Gasteiger partial charge in [0, 0.05) is 19.6 Å². The number of hydrogen-bond donors (Lipinski definition) is 2. The van der Waals surface area contributed by atoms with Gasteiger partial charge in [0.25, 0.3) is 0 Å². The summed E-state index contributed by atoms with van der Waals surface area (Å²) < 4.78 is 32.9. The van der Waals surface area contributed by atoms with Gasteiger partial charge in [-0.1, -0.05) is 142 Å². The maximum atomic E-state index is 12.2. The van der Waals surface area contributed by atoms with Crippen molar-refractivity contribution in [2.45, 2.75) is 168 Å². The number of phosphoric acid groups is 1. The minimum Gasteiger partial charge on any atom is -0.457 e. The molecule has 0 rings (SSSR count). The van der Waals surface area contributed by atoms with Crippen LogP contribution in [0.5, 0.6) is 0 Å². The van der Waals surface area contributed by atoms with Crippen LogP contribution in [-0.4, -0.2) is 49.9 Å². The van der Waals surface area contributed by atoms with Crippen molar-refractivity contribution in [2.75, 3.05) is 33.0 Å². The number of rotatable bonds is 33. The molecule has 41 heavy (non-hydrogen) atoms. The molecular weight excluding hydrogens is 541 g/mol. The Kier molecular flexibility index (Phi) is 30.6. The summed E-state index contributed by atoms with van der Waals surface area (Å²) in [4.78, 5) is 22.0. The highest BCUT2D eigenvalue weighted by molar-refractivity contribution is 7.47. The fourth-order valence-electron chi connectivity index (χ4n) is 4.76. The Bertz CT molecular complexity index is 609. The van der Waals surface area contributed by atoms with Crippen LogP contribution in [0.1, 0.15) is 162 Å². The van der Waals surface area contributed by atoms with E-state index in [4.69, 9.17) is 24.3 Å². The molecule has 0 aromatic heterocycles. The largest absolute Gasteiger partial charge is 0.472 e. The van der Waals surface area contributed by atoms with E-state index in [0.717, 1.165) is 38.5 Å². The lowest BCUT2D eigenvalue weighted by molar-refractivity contribution is -0.154. The summed E-state index contributed by atoms with van der Waals surface area (Å²) in [6.45, 7) is 4.82. The molecule has 9 heteroatoms. The van der Waals surface area contributed by atoms with E-state index in [1.807, 2.05) is 0 Å². The molecule has 0 aromatic rings. The van der Waals surface area contributed by atoms with E-state index in [9.17, 15) is 14.3 Å². The molecule has 0 heterocycles. The predicted octanol–water partition coefficient (Wildman–Crippen LogP) is 9.02. The van der Waals surface area contributed by atoms with Crippen LogP contribution in [0, 0.1) is 0 Å². The Morgan fingerprint density at radius 3 is 1.54 bits per heavy atom. The smallest absolute Gasteiger partial charge is 0.457 e. The average molecular weight is 608 g/mol. The van der Waals surface area contributed by atoms with Gasteiger partial charge >= 0.3 is 13.8 Å². The Hall–Kier alpha value is -0.500. The zero-order chi connectivity index (χ0) is 30.3. The number of unbranched alkanes of at least 4 members (excludes halogenated alkanes) is 20. The first kappa shape index (κ1) is 40.5. The lowest BCUT2D eigenvalue weighted by Crippen LogP contribution is -2.28. The Balaban J connectivity index is 3.83. The molecule has 0 saturated heterocycles. The van der Waals surface area contributed by atoms with Crippen LogP contribution in [0.2, 0.25) is 0 Å². The molecule has 0 saturated carbocycles. The molecule has 0 aromatic carbocycles. The van der Waals surface area contributed by atoms with Gasteiger partial charge in [-0.15, -0.1) is 0 Å². The minimum absolute atomic E-state index is 0.0917. The first-order valence-corrected chi connectivity index (χ1v) is 18.5. The van der Waals surface area contributed by atoms with Crippen LogP contribution in [0.4, 0.5) is 0 Å². The first-order chi connectivity index (χ1) is 19.9. The number of nitrogens with two attached hydrogens (primary N) is 1.